The molecule has 4 N–H and O–H groups in total. The Morgan fingerprint density at radius 2 is 1.38 bits per heavy atom. The van der Waals surface area contributed by atoms with Crippen molar-refractivity contribution in [3.05, 3.63) is 117 Å². The summed E-state index contributed by atoms with van der Waals surface area (Å²) in [5, 5.41) is 15.3. The zero-order valence-electron chi connectivity index (χ0n) is 23.4. The fourth-order valence-electron chi connectivity index (χ4n) is 4.86. The van der Waals surface area contributed by atoms with Crippen molar-refractivity contribution in [2.24, 2.45) is 5.92 Å². The maximum absolute atomic E-state index is 14.0. The number of aromatic nitrogens is 2. The molecule has 0 unspecified atom stereocenters. The number of amides is 2. The minimum Gasteiger partial charge on any atom is -0.480 e. The number of nitrogens with zero attached hydrogens (tertiary/aromatic N) is 1. The van der Waals surface area contributed by atoms with E-state index in [2.05, 4.69) is 15.6 Å². The van der Waals surface area contributed by atoms with Gasteiger partial charge in [0.05, 0.1) is 10.9 Å². The molecule has 3 aromatic carbocycles. The predicted octanol–water partition coefficient (Wildman–Crippen LogP) is 2.82. The van der Waals surface area contributed by atoms with E-state index in [1.54, 1.807) is 79.7 Å². The lowest BCUT2D eigenvalue weighted by Crippen LogP contribution is -2.56. The van der Waals surface area contributed by atoms with Crippen LogP contribution < -0.4 is 21.9 Å². The number of aliphatic carboxylic acids is 1. The maximum Gasteiger partial charge on any atom is 0.329 e. The molecule has 10 heteroatoms. The molecule has 0 bridgehead atoms. The molecule has 1 heterocycles. The van der Waals surface area contributed by atoms with E-state index >= 15 is 0 Å². The summed E-state index contributed by atoms with van der Waals surface area (Å²) in [6.07, 6.45) is 0.574. The first kappa shape index (κ1) is 30.0. The third-order valence-corrected chi connectivity index (χ3v) is 7.42. The Morgan fingerprint density at radius 3 is 1.98 bits per heavy atom. The average molecular weight is 571 g/mol. The van der Waals surface area contributed by atoms with Gasteiger partial charge in [-0.1, -0.05) is 93.1 Å². The Labute approximate surface area is 242 Å². The molecule has 4 aromatic rings. The Hall–Kier alpha value is -4.99. The van der Waals surface area contributed by atoms with Gasteiger partial charge in [-0.15, -0.1) is 0 Å². The molecule has 42 heavy (non-hydrogen) atoms. The first-order valence-electron chi connectivity index (χ1n) is 13.8. The van der Waals surface area contributed by atoms with Gasteiger partial charge in [0.15, 0.2) is 0 Å². The van der Waals surface area contributed by atoms with Crippen molar-refractivity contribution in [2.45, 2.75) is 51.2 Å². The second kappa shape index (κ2) is 13.6. The number of hydrogen-bond acceptors (Lipinski definition) is 5. The van der Waals surface area contributed by atoms with Crippen LogP contribution in [0.2, 0.25) is 0 Å². The van der Waals surface area contributed by atoms with Crippen molar-refractivity contribution in [3.63, 3.8) is 0 Å². The number of carbonyl (C=O) groups excluding carboxylic acids is 2. The molecular formula is C32H34N4O6. The number of benzene rings is 3. The first-order valence-corrected chi connectivity index (χ1v) is 13.8. The van der Waals surface area contributed by atoms with E-state index in [4.69, 9.17) is 0 Å². The highest BCUT2D eigenvalue weighted by Gasteiger charge is 2.33. The van der Waals surface area contributed by atoms with Crippen molar-refractivity contribution in [2.75, 3.05) is 0 Å². The van der Waals surface area contributed by atoms with Crippen molar-refractivity contribution in [1.82, 2.24) is 20.2 Å². The quantitative estimate of drug-likeness (QED) is 0.206. The molecule has 4 rings (SSSR count). The van der Waals surface area contributed by atoms with Gasteiger partial charge in [0.2, 0.25) is 11.8 Å². The standard InChI is InChI=1S/C32H34N4O6/c1-3-20(2)27(31(40)41)35-28(37)25(18-21-12-6-4-7-13-21)33-29(38)26(19-22-14-8-5-9-15-22)36-30(39)23-16-10-11-17-24(23)34-32(36)42/h4-17,20,25-27H,3,18-19H2,1-2H3,(H,33,38)(H,34,42)(H,35,37)(H,40,41)/t20-,25+,26+,27+/m1/s1. The zero-order valence-corrected chi connectivity index (χ0v) is 23.4. The number of aromatic amines is 1. The average Bonchev–Trinajstić information content (AvgIpc) is 2.99. The number of H-pyrrole nitrogens is 1. The number of carbonyl (C=O) groups is 3. The molecule has 2 amide bonds. The van der Waals surface area contributed by atoms with Gasteiger partial charge < -0.3 is 20.7 Å². The number of rotatable bonds is 12. The summed E-state index contributed by atoms with van der Waals surface area (Å²) < 4.78 is 0.876. The molecule has 0 radical (unpaired) electrons. The van der Waals surface area contributed by atoms with Crippen LogP contribution in [0.5, 0.6) is 0 Å². The van der Waals surface area contributed by atoms with Crippen LogP contribution in [-0.4, -0.2) is 44.5 Å². The highest BCUT2D eigenvalue weighted by molar-refractivity contribution is 5.92. The van der Waals surface area contributed by atoms with Crippen molar-refractivity contribution < 1.29 is 19.5 Å². The second-order valence-corrected chi connectivity index (χ2v) is 10.3. The molecule has 0 spiro atoms. The van der Waals surface area contributed by atoms with Crippen LogP contribution in [0.25, 0.3) is 10.9 Å². The SMILES string of the molecule is CC[C@@H](C)[C@H](NC(=O)[C@H](Cc1ccccc1)NC(=O)[C@H](Cc1ccccc1)n1c(=O)[nH]c2ccccc2c1=O)C(=O)O. The van der Waals surface area contributed by atoms with Gasteiger partial charge in [0, 0.05) is 12.8 Å². The molecule has 10 nitrogen and oxygen atoms in total. The van der Waals surface area contributed by atoms with Gasteiger partial charge in [0.1, 0.15) is 18.1 Å². The second-order valence-electron chi connectivity index (χ2n) is 10.3. The zero-order chi connectivity index (χ0) is 30.2. The van der Waals surface area contributed by atoms with Gasteiger partial charge in [-0.05, 0) is 29.2 Å². The molecule has 0 saturated heterocycles. The number of carboxylic acid groups (broad SMARTS) is 1. The van der Waals surface area contributed by atoms with Crippen molar-refractivity contribution in [3.8, 4) is 0 Å². The van der Waals surface area contributed by atoms with E-state index < -0.39 is 47.2 Å². The van der Waals surface area contributed by atoms with E-state index in [-0.39, 0.29) is 24.1 Å². The van der Waals surface area contributed by atoms with Gasteiger partial charge in [-0.25, -0.2) is 14.2 Å². The molecule has 0 aliphatic heterocycles. The summed E-state index contributed by atoms with van der Waals surface area (Å²) >= 11 is 0. The summed E-state index contributed by atoms with van der Waals surface area (Å²) in [7, 11) is 0. The third-order valence-electron chi connectivity index (χ3n) is 7.42. The van der Waals surface area contributed by atoms with Crippen LogP contribution in [0.3, 0.4) is 0 Å². The fraction of sp³-hybridized carbons (Fsp3) is 0.281. The molecular weight excluding hydrogens is 536 g/mol. The number of para-hydroxylation sites is 1. The van der Waals surface area contributed by atoms with Crippen LogP contribution in [0, 0.1) is 5.92 Å². The molecule has 0 fully saturated rings. The van der Waals surface area contributed by atoms with Crippen molar-refractivity contribution >= 4 is 28.7 Å². The lowest BCUT2D eigenvalue weighted by molar-refractivity contribution is -0.143. The van der Waals surface area contributed by atoms with Crippen LogP contribution in [-0.2, 0) is 27.2 Å². The highest BCUT2D eigenvalue weighted by atomic mass is 16.4. The van der Waals surface area contributed by atoms with Crippen LogP contribution in [0.15, 0.2) is 94.5 Å². The summed E-state index contributed by atoms with van der Waals surface area (Å²) in [5.74, 6) is -2.95. The lowest BCUT2D eigenvalue weighted by atomic mass is 9.97. The first-order chi connectivity index (χ1) is 20.2. The molecule has 218 valence electrons. The Kier molecular flexibility index (Phi) is 9.69. The van der Waals surface area contributed by atoms with Crippen LogP contribution >= 0.6 is 0 Å². The minimum absolute atomic E-state index is 0.00169. The number of fused-ring (bicyclic) bond motifs is 1. The monoisotopic (exact) mass is 570 g/mol. The lowest BCUT2D eigenvalue weighted by Gasteiger charge is -2.26. The Morgan fingerprint density at radius 1 is 0.810 bits per heavy atom. The molecule has 0 aliphatic carbocycles. The highest BCUT2D eigenvalue weighted by Crippen LogP contribution is 2.16. The van der Waals surface area contributed by atoms with E-state index in [9.17, 15) is 29.1 Å². The minimum atomic E-state index is -1.30. The maximum atomic E-state index is 14.0. The molecule has 0 aliphatic rings. The Balaban J connectivity index is 1.74. The molecule has 1 aromatic heterocycles. The summed E-state index contributed by atoms with van der Waals surface area (Å²) in [6, 6.07) is 20.8. The van der Waals surface area contributed by atoms with Crippen molar-refractivity contribution in [1.29, 1.82) is 0 Å². The van der Waals surface area contributed by atoms with Gasteiger partial charge in [-0.2, -0.15) is 0 Å². The number of nitrogens with one attached hydrogen (secondary N) is 3. The fourth-order valence-corrected chi connectivity index (χ4v) is 4.86. The number of hydrogen-bond donors (Lipinski definition) is 4. The van der Waals surface area contributed by atoms with Crippen LogP contribution in [0.4, 0.5) is 0 Å². The van der Waals surface area contributed by atoms with E-state index in [1.165, 1.54) is 0 Å². The van der Waals surface area contributed by atoms with Gasteiger partial charge in [0.25, 0.3) is 5.56 Å². The van der Waals surface area contributed by atoms with E-state index in [0.717, 1.165) is 10.1 Å². The Bertz CT molecular complexity index is 1670. The molecule has 0 saturated carbocycles. The summed E-state index contributed by atoms with van der Waals surface area (Å²) in [5.41, 5.74) is 0.366. The largest absolute Gasteiger partial charge is 0.480 e. The van der Waals surface area contributed by atoms with E-state index in [1.807, 2.05) is 19.1 Å². The normalized spacial score (nSPS) is 14.0. The van der Waals surface area contributed by atoms with Gasteiger partial charge >= 0.3 is 11.7 Å². The topological polar surface area (TPSA) is 150 Å². The van der Waals surface area contributed by atoms with E-state index in [0.29, 0.717) is 17.5 Å². The van der Waals surface area contributed by atoms with Crippen LogP contribution in [0.1, 0.15) is 37.4 Å². The third kappa shape index (κ3) is 7.01. The summed E-state index contributed by atoms with van der Waals surface area (Å²) in [4.78, 5) is 68.9. The predicted molar refractivity (Wildman–Crippen MR) is 159 cm³/mol. The molecule has 4 atom stereocenters. The number of carboxylic acids is 1. The van der Waals surface area contributed by atoms with Gasteiger partial charge in [-0.3, -0.25) is 14.4 Å². The summed E-state index contributed by atoms with van der Waals surface area (Å²) in [6.45, 7) is 3.54. The smallest absolute Gasteiger partial charge is 0.329 e.